The fraction of sp³-hybridized carbons (Fsp3) is 1.00. The molecule has 6 fully saturated rings. The van der Waals surface area contributed by atoms with Crippen LogP contribution in [0.5, 0.6) is 0 Å². The molecule has 0 amide bonds. The van der Waals surface area contributed by atoms with E-state index >= 15 is 0 Å². The van der Waals surface area contributed by atoms with Gasteiger partial charge in [0.2, 0.25) is 0 Å². The van der Waals surface area contributed by atoms with Gasteiger partial charge in [0.05, 0.1) is 64.1 Å². The molecule has 6 unspecified atom stereocenters. The molecular weight excluding hydrogens is 380 g/mol. The third-order valence-electron chi connectivity index (χ3n) is 7.14. The molecule has 0 bridgehead atoms. The molecule has 0 aromatic carbocycles. The molecule has 0 N–H and O–H groups in total. The van der Waals surface area contributed by atoms with Crippen LogP contribution in [0.15, 0.2) is 0 Å². The van der Waals surface area contributed by atoms with Crippen molar-refractivity contribution in [2.75, 3.05) is 39.6 Å². The van der Waals surface area contributed by atoms with Crippen LogP contribution in [0.3, 0.4) is 0 Å². The van der Waals surface area contributed by atoms with Crippen molar-refractivity contribution in [1.29, 1.82) is 0 Å². The zero-order chi connectivity index (χ0) is 19.3. The summed E-state index contributed by atoms with van der Waals surface area (Å²) in [6, 6.07) is 0. The van der Waals surface area contributed by atoms with Gasteiger partial charge in [-0.1, -0.05) is 0 Å². The molecule has 0 aromatic heterocycles. The minimum Gasteiger partial charge on any atom is -0.373 e. The molecular formula is C21H32O8. The normalized spacial score (nSPS) is 51.3. The van der Waals surface area contributed by atoms with Crippen molar-refractivity contribution in [2.45, 2.75) is 81.3 Å². The topological polar surface area (TPSA) is 80.4 Å². The summed E-state index contributed by atoms with van der Waals surface area (Å²) in [4.78, 5) is 0. The lowest BCUT2D eigenvalue weighted by Crippen LogP contribution is -2.56. The van der Waals surface area contributed by atoms with E-state index in [1.807, 2.05) is 0 Å². The molecule has 6 aliphatic rings. The van der Waals surface area contributed by atoms with Gasteiger partial charge in [0, 0.05) is 0 Å². The number of hydrogen-bond acceptors (Lipinski definition) is 8. The monoisotopic (exact) mass is 412 g/mol. The standard InChI is InChI=1S/C21H32O8/c1-3-17-19(28-17)5-13(1)7-22-15-9-24-21(25-10-15)26-11-16(12-27-21)23-8-14-2-4-18-20(6-14)29-18/h13-20H,1-12H2. The summed E-state index contributed by atoms with van der Waals surface area (Å²) in [6.45, 7) is 3.11. The van der Waals surface area contributed by atoms with Crippen LogP contribution < -0.4 is 0 Å². The van der Waals surface area contributed by atoms with Crippen molar-refractivity contribution in [2.24, 2.45) is 11.8 Å². The van der Waals surface area contributed by atoms with Crippen LogP contribution in [-0.4, -0.2) is 82.4 Å². The molecule has 164 valence electrons. The van der Waals surface area contributed by atoms with Crippen LogP contribution in [0.1, 0.15) is 38.5 Å². The summed E-state index contributed by atoms with van der Waals surface area (Å²) in [6.07, 6.45) is 7.40. The van der Waals surface area contributed by atoms with Crippen LogP contribution in [0, 0.1) is 11.8 Å². The van der Waals surface area contributed by atoms with Crippen molar-refractivity contribution < 1.29 is 37.9 Å². The molecule has 2 saturated carbocycles. The number of hydrogen-bond donors (Lipinski definition) is 0. The largest absolute Gasteiger partial charge is 0.413 e. The van der Waals surface area contributed by atoms with E-state index in [-0.39, 0.29) is 12.2 Å². The number of ether oxygens (including phenoxy) is 8. The average molecular weight is 412 g/mol. The van der Waals surface area contributed by atoms with Crippen molar-refractivity contribution in [1.82, 2.24) is 0 Å². The minimum absolute atomic E-state index is 0.0839. The van der Waals surface area contributed by atoms with E-state index in [2.05, 4.69) is 0 Å². The summed E-state index contributed by atoms with van der Waals surface area (Å²) in [5.74, 6) is 1.16. The summed E-state index contributed by atoms with van der Waals surface area (Å²) in [5.41, 5.74) is 0. The molecule has 4 saturated heterocycles. The van der Waals surface area contributed by atoms with Crippen LogP contribution in [0.2, 0.25) is 0 Å². The first-order chi connectivity index (χ1) is 14.2. The first-order valence-corrected chi connectivity index (χ1v) is 11.3. The molecule has 0 radical (unpaired) electrons. The zero-order valence-corrected chi connectivity index (χ0v) is 16.9. The molecule has 8 nitrogen and oxygen atoms in total. The van der Waals surface area contributed by atoms with Gasteiger partial charge in [-0.05, 0) is 50.4 Å². The van der Waals surface area contributed by atoms with E-state index in [1.54, 1.807) is 0 Å². The predicted molar refractivity (Wildman–Crippen MR) is 98.0 cm³/mol. The number of epoxide rings is 2. The second-order valence-corrected chi connectivity index (χ2v) is 9.44. The van der Waals surface area contributed by atoms with Gasteiger partial charge in [-0.3, -0.25) is 0 Å². The predicted octanol–water partition coefficient (Wildman–Crippen LogP) is 1.60. The summed E-state index contributed by atoms with van der Waals surface area (Å²) in [5, 5.41) is 0. The van der Waals surface area contributed by atoms with Gasteiger partial charge in [-0.25, -0.2) is 0 Å². The highest BCUT2D eigenvalue weighted by Gasteiger charge is 2.47. The Kier molecular flexibility index (Phi) is 5.33. The highest BCUT2D eigenvalue weighted by molar-refractivity contribution is 4.92. The molecule has 8 heteroatoms. The lowest BCUT2D eigenvalue weighted by Gasteiger charge is -2.42. The van der Waals surface area contributed by atoms with E-state index in [0.717, 1.165) is 26.1 Å². The van der Waals surface area contributed by atoms with Crippen molar-refractivity contribution in [3.05, 3.63) is 0 Å². The summed E-state index contributed by atoms with van der Waals surface area (Å²) < 4.78 is 46.2. The molecule has 2 aliphatic carbocycles. The number of rotatable bonds is 6. The third-order valence-corrected chi connectivity index (χ3v) is 7.14. The minimum atomic E-state index is -1.39. The molecule has 1 spiro atoms. The Bertz CT molecular complexity index is 518. The maximum absolute atomic E-state index is 6.01. The molecule has 29 heavy (non-hydrogen) atoms. The van der Waals surface area contributed by atoms with E-state index in [1.165, 1.54) is 25.7 Å². The zero-order valence-electron chi connectivity index (χ0n) is 16.9. The maximum atomic E-state index is 6.01. The Balaban J connectivity index is 0.881. The van der Waals surface area contributed by atoms with Crippen LogP contribution in [-0.2, 0) is 37.9 Å². The summed E-state index contributed by atoms with van der Waals surface area (Å²) >= 11 is 0. The Morgan fingerprint density at radius 1 is 0.586 bits per heavy atom. The lowest BCUT2D eigenvalue weighted by atomic mass is 9.90. The van der Waals surface area contributed by atoms with E-state index in [9.17, 15) is 0 Å². The van der Waals surface area contributed by atoms with Crippen molar-refractivity contribution >= 4 is 0 Å². The first kappa shape index (κ1) is 19.4. The van der Waals surface area contributed by atoms with E-state index in [4.69, 9.17) is 37.9 Å². The SMILES string of the molecule is C1CC2OC2CC1COC1COC2(OC1)OCC(OCC1CCC3OC3C1)CO2. The van der Waals surface area contributed by atoms with Gasteiger partial charge in [-0.15, -0.1) is 0 Å². The Morgan fingerprint density at radius 3 is 1.45 bits per heavy atom. The second kappa shape index (κ2) is 7.98. The van der Waals surface area contributed by atoms with Gasteiger partial charge < -0.3 is 37.9 Å². The lowest BCUT2D eigenvalue weighted by molar-refractivity contribution is -0.538. The Labute approximate surface area is 171 Å². The molecule has 4 aliphatic heterocycles. The molecule has 0 aromatic rings. The number of fused-ring (bicyclic) bond motifs is 2. The fourth-order valence-corrected chi connectivity index (χ4v) is 5.14. The quantitative estimate of drug-likeness (QED) is 0.609. The fourth-order valence-electron chi connectivity index (χ4n) is 5.14. The van der Waals surface area contributed by atoms with Crippen LogP contribution in [0.25, 0.3) is 0 Å². The van der Waals surface area contributed by atoms with Gasteiger partial charge in [0.25, 0.3) is 0 Å². The smallest absolute Gasteiger partial charge is 0.373 e. The Hall–Kier alpha value is -0.320. The first-order valence-electron chi connectivity index (χ1n) is 11.3. The third kappa shape index (κ3) is 4.50. The average Bonchev–Trinajstić information content (AvgIpc) is 3.67. The molecule has 6 rings (SSSR count). The van der Waals surface area contributed by atoms with E-state index in [0.29, 0.717) is 62.7 Å². The van der Waals surface area contributed by atoms with Crippen LogP contribution >= 0.6 is 0 Å². The van der Waals surface area contributed by atoms with Crippen molar-refractivity contribution in [3.8, 4) is 0 Å². The van der Waals surface area contributed by atoms with Gasteiger partial charge in [0.1, 0.15) is 12.2 Å². The molecule has 6 atom stereocenters. The van der Waals surface area contributed by atoms with Crippen LogP contribution in [0.4, 0.5) is 0 Å². The van der Waals surface area contributed by atoms with E-state index < -0.39 is 6.16 Å². The van der Waals surface area contributed by atoms with Gasteiger partial charge in [-0.2, -0.15) is 0 Å². The highest BCUT2D eigenvalue weighted by Crippen LogP contribution is 2.40. The Morgan fingerprint density at radius 2 is 1.03 bits per heavy atom. The molecule has 4 heterocycles. The highest BCUT2D eigenvalue weighted by atomic mass is 17.0. The van der Waals surface area contributed by atoms with Gasteiger partial charge in [0.15, 0.2) is 0 Å². The maximum Gasteiger partial charge on any atom is 0.413 e. The van der Waals surface area contributed by atoms with Crippen molar-refractivity contribution in [3.63, 3.8) is 0 Å². The summed E-state index contributed by atoms with van der Waals surface area (Å²) in [7, 11) is 0. The van der Waals surface area contributed by atoms with Gasteiger partial charge >= 0.3 is 6.16 Å². The second-order valence-electron chi connectivity index (χ2n) is 9.44.